The number of hydrogen-bond donors (Lipinski definition) is 2. The van der Waals surface area contributed by atoms with Crippen LogP contribution in [-0.2, 0) is 27.9 Å². The highest BCUT2D eigenvalue weighted by atomic mass is 32.1. The first-order valence-electron chi connectivity index (χ1n) is 10.2. The van der Waals surface area contributed by atoms with E-state index in [1.165, 1.54) is 0 Å². The number of epoxide rings is 3. The molecule has 4 heterocycles. The van der Waals surface area contributed by atoms with Gasteiger partial charge in [-0.05, 0) is 43.2 Å². The van der Waals surface area contributed by atoms with Gasteiger partial charge in [0.2, 0.25) is 0 Å². The second-order valence-corrected chi connectivity index (χ2v) is 10.4. The van der Waals surface area contributed by atoms with Gasteiger partial charge in [0.1, 0.15) is 36.1 Å². The highest BCUT2D eigenvalue weighted by molar-refractivity contribution is 7.75. The number of rotatable bonds is 2. The van der Waals surface area contributed by atoms with Crippen molar-refractivity contribution in [3.63, 3.8) is 0 Å². The fraction of sp³-hybridized carbons (Fsp3) is 0.850. The van der Waals surface area contributed by atoms with Crippen molar-refractivity contribution in [3.8, 4) is 0 Å². The number of carbonyl (C=O) groups excluding carboxylic acids is 1. The zero-order chi connectivity index (χ0) is 19.4. The molecule has 0 aromatic carbocycles. The highest BCUT2D eigenvalue weighted by Gasteiger charge is 3.01. The summed E-state index contributed by atoms with van der Waals surface area (Å²) in [4.78, 5) is 12.2. The summed E-state index contributed by atoms with van der Waals surface area (Å²) in [7, 11) is 0. The largest absolute Gasteiger partial charge is 0.458 e. The van der Waals surface area contributed by atoms with Gasteiger partial charge < -0.3 is 28.2 Å². The van der Waals surface area contributed by atoms with Crippen molar-refractivity contribution in [1.29, 1.82) is 0 Å². The van der Waals surface area contributed by atoms with Crippen LogP contribution in [0.15, 0.2) is 11.1 Å². The first kappa shape index (κ1) is 17.1. The number of ether oxygens (including phenoxy) is 4. The summed E-state index contributed by atoms with van der Waals surface area (Å²) < 4.78 is 30.4. The van der Waals surface area contributed by atoms with Crippen molar-refractivity contribution in [2.45, 2.75) is 80.9 Å². The summed E-state index contributed by atoms with van der Waals surface area (Å²) in [6.45, 7) is 6.71. The van der Waals surface area contributed by atoms with Crippen molar-refractivity contribution < 1.29 is 33.0 Å². The maximum absolute atomic E-state index is 12.2. The first-order chi connectivity index (χ1) is 13.3. The van der Waals surface area contributed by atoms with E-state index in [-0.39, 0.29) is 48.8 Å². The Balaban J connectivity index is 1.40. The lowest BCUT2D eigenvalue weighted by Gasteiger charge is -2.54. The van der Waals surface area contributed by atoms with E-state index in [9.17, 15) is 9.90 Å². The minimum absolute atomic E-state index is 0.0341. The summed E-state index contributed by atoms with van der Waals surface area (Å²) >= 11 is 4.25. The molecule has 5 fully saturated rings. The SMILES string of the molecule is CC(C)C12OC1C1OC13C1(C)CC(O)C4=C(COC4=O)C1CC1OC13C2OS. The van der Waals surface area contributed by atoms with Gasteiger partial charge >= 0.3 is 5.97 Å². The third-order valence-electron chi connectivity index (χ3n) is 9.16. The third kappa shape index (κ3) is 1.38. The van der Waals surface area contributed by atoms with Crippen LogP contribution in [0, 0.1) is 17.3 Å². The van der Waals surface area contributed by atoms with E-state index in [0.29, 0.717) is 12.0 Å². The van der Waals surface area contributed by atoms with Gasteiger partial charge in [-0.25, -0.2) is 4.79 Å². The molecule has 10 unspecified atom stereocenters. The third-order valence-corrected chi connectivity index (χ3v) is 9.37. The number of carbonyl (C=O) groups is 1. The van der Waals surface area contributed by atoms with Crippen LogP contribution >= 0.6 is 12.9 Å². The molecule has 2 saturated carbocycles. The molecule has 0 radical (unpaired) electrons. The van der Waals surface area contributed by atoms with E-state index in [0.717, 1.165) is 12.0 Å². The lowest BCUT2D eigenvalue weighted by molar-refractivity contribution is -0.137. The highest BCUT2D eigenvalue weighted by Crippen LogP contribution is 2.83. The average Bonchev–Trinajstić information content (AvgIpc) is 3.52. The van der Waals surface area contributed by atoms with Crippen LogP contribution in [0.3, 0.4) is 0 Å². The molecule has 7 nitrogen and oxygen atoms in total. The van der Waals surface area contributed by atoms with Crippen molar-refractivity contribution >= 4 is 18.9 Å². The van der Waals surface area contributed by atoms with E-state index in [1.54, 1.807) is 0 Å². The second kappa shape index (κ2) is 4.50. The molecule has 0 aromatic rings. The molecule has 3 aliphatic carbocycles. The molecule has 0 amide bonds. The Labute approximate surface area is 168 Å². The molecule has 7 rings (SSSR count). The molecular formula is C20H24O7S. The molecule has 8 heteroatoms. The van der Waals surface area contributed by atoms with Crippen LogP contribution in [0.5, 0.6) is 0 Å². The van der Waals surface area contributed by atoms with Gasteiger partial charge in [-0.2, -0.15) is 0 Å². The fourth-order valence-electron chi connectivity index (χ4n) is 7.92. The Hall–Kier alpha value is -0.640. The van der Waals surface area contributed by atoms with E-state index in [2.05, 4.69) is 33.7 Å². The Morgan fingerprint density at radius 1 is 1.25 bits per heavy atom. The quantitative estimate of drug-likeness (QED) is 0.304. The number of aliphatic hydroxyl groups is 1. The number of esters is 1. The zero-order valence-corrected chi connectivity index (χ0v) is 16.9. The molecule has 4 aliphatic heterocycles. The summed E-state index contributed by atoms with van der Waals surface area (Å²) in [6.07, 6.45) is -0.129. The number of hydrogen-bond acceptors (Lipinski definition) is 8. The number of cyclic esters (lactones) is 1. The van der Waals surface area contributed by atoms with Gasteiger partial charge in [0, 0.05) is 5.41 Å². The van der Waals surface area contributed by atoms with Gasteiger partial charge in [0.05, 0.1) is 17.8 Å². The minimum atomic E-state index is -0.843. The van der Waals surface area contributed by atoms with Gasteiger partial charge in [-0.1, -0.05) is 20.8 Å². The fourth-order valence-corrected chi connectivity index (χ4v) is 8.24. The number of fused-ring (bicyclic) bond motifs is 4. The molecule has 0 aromatic heterocycles. The van der Waals surface area contributed by atoms with Crippen molar-refractivity contribution in [2.75, 3.05) is 6.61 Å². The lowest BCUT2D eigenvalue weighted by atomic mass is 9.46. The number of aliphatic hydroxyl groups excluding tert-OH is 1. The van der Waals surface area contributed by atoms with E-state index in [1.807, 2.05) is 0 Å². The van der Waals surface area contributed by atoms with E-state index in [4.69, 9.17) is 23.1 Å². The summed E-state index contributed by atoms with van der Waals surface area (Å²) in [6, 6.07) is 0. The van der Waals surface area contributed by atoms with E-state index < -0.39 is 28.3 Å². The smallest absolute Gasteiger partial charge is 0.337 e. The van der Waals surface area contributed by atoms with Gasteiger partial charge in [-0.3, -0.25) is 0 Å². The molecule has 10 atom stereocenters. The predicted molar refractivity (Wildman–Crippen MR) is 96.3 cm³/mol. The Bertz CT molecular complexity index is 873. The Morgan fingerprint density at radius 3 is 2.75 bits per heavy atom. The van der Waals surface area contributed by atoms with Gasteiger partial charge in [0.15, 0.2) is 5.60 Å². The maximum Gasteiger partial charge on any atom is 0.337 e. The molecule has 152 valence electrons. The molecule has 2 spiro atoms. The van der Waals surface area contributed by atoms with Crippen LogP contribution in [0.4, 0.5) is 0 Å². The molecule has 0 bridgehead atoms. The standard InChI is InChI=1S/C20H24O7S/c1-7(2)18-13(25-18)14-20(26-14)17(3)5-10(21)12-8(6-23-15(12)22)9(17)4-11-19(20,24-11)16(18)27-28/h7,9-11,13-14,16,21,28H,4-6H2,1-3H3. The lowest BCUT2D eigenvalue weighted by Crippen LogP contribution is -2.70. The van der Waals surface area contributed by atoms with Crippen LogP contribution in [-0.4, -0.2) is 65.0 Å². The zero-order valence-electron chi connectivity index (χ0n) is 16.0. The molecule has 1 N–H and O–H groups in total. The molecular weight excluding hydrogens is 384 g/mol. The number of thiol groups is 1. The summed E-state index contributed by atoms with van der Waals surface area (Å²) in [5.41, 5.74) is -0.638. The van der Waals surface area contributed by atoms with Gasteiger partial charge in [0.25, 0.3) is 0 Å². The van der Waals surface area contributed by atoms with Crippen LogP contribution in [0.1, 0.15) is 33.6 Å². The molecule has 3 saturated heterocycles. The van der Waals surface area contributed by atoms with Crippen molar-refractivity contribution in [1.82, 2.24) is 0 Å². The topological polar surface area (TPSA) is 93.4 Å². The minimum Gasteiger partial charge on any atom is -0.458 e. The first-order valence-corrected chi connectivity index (χ1v) is 10.6. The predicted octanol–water partition coefficient (Wildman–Crippen LogP) is 0.943. The van der Waals surface area contributed by atoms with Crippen LogP contribution in [0.2, 0.25) is 0 Å². The second-order valence-electron chi connectivity index (χ2n) is 10.1. The Morgan fingerprint density at radius 2 is 2.04 bits per heavy atom. The van der Waals surface area contributed by atoms with Gasteiger partial charge in [-0.15, -0.1) is 0 Å². The maximum atomic E-state index is 12.2. The van der Waals surface area contributed by atoms with Crippen molar-refractivity contribution in [2.24, 2.45) is 17.3 Å². The van der Waals surface area contributed by atoms with E-state index >= 15 is 0 Å². The molecule has 28 heavy (non-hydrogen) atoms. The van der Waals surface area contributed by atoms with Crippen LogP contribution < -0.4 is 0 Å². The molecule has 7 aliphatic rings. The van der Waals surface area contributed by atoms with Crippen LogP contribution in [0.25, 0.3) is 0 Å². The monoisotopic (exact) mass is 408 g/mol. The van der Waals surface area contributed by atoms with Crippen molar-refractivity contribution in [3.05, 3.63) is 11.1 Å². The summed E-state index contributed by atoms with van der Waals surface area (Å²) in [5, 5.41) is 10.9. The average molecular weight is 408 g/mol. The Kier molecular flexibility index (Phi) is 2.75. The normalized spacial score (nSPS) is 62.1. The summed E-state index contributed by atoms with van der Waals surface area (Å²) in [5.74, 6) is -0.0593.